The Morgan fingerprint density at radius 3 is 2.57 bits per heavy atom. The summed E-state index contributed by atoms with van der Waals surface area (Å²) in [6.07, 6.45) is 7.09. The maximum Gasteiger partial charge on any atom is 0.167 e. The van der Waals surface area contributed by atoms with E-state index in [1.54, 1.807) is 12.4 Å². The van der Waals surface area contributed by atoms with Gasteiger partial charge in [-0.1, -0.05) is 6.07 Å². The number of fused-ring (bicyclic) bond motifs is 4. The van der Waals surface area contributed by atoms with Gasteiger partial charge < -0.3 is 20.5 Å². The first-order valence-corrected chi connectivity index (χ1v) is 9.62. The van der Waals surface area contributed by atoms with Crippen LogP contribution >= 0.6 is 0 Å². The van der Waals surface area contributed by atoms with Crippen molar-refractivity contribution in [3.63, 3.8) is 0 Å². The molecule has 7 heteroatoms. The van der Waals surface area contributed by atoms with Gasteiger partial charge in [-0.2, -0.15) is 0 Å². The highest BCUT2D eigenvalue weighted by Crippen LogP contribution is 2.52. The zero-order chi connectivity index (χ0) is 20.7. The minimum atomic E-state index is -0.520. The van der Waals surface area contributed by atoms with Crippen LogP contribution in [0.15, 0.2) is 67.0 Å². The smallest absolute Gasteiger partial charge is 0.167 e. The summed E-state index contributed by atoms with van der Waals surface area (Å²) in [6.45, 7) is 2.11. The van der Waals surface area contributed by atoms with E-state index in [0.29, 0.717) is 18.1 Å². The number of ketones is 1. The zero-order valence-electron chi connectivity index (χ0n) is 16.4. The normalized spacial score (nSPS) is 18.6. The van der Waals surface area contributed by atoms with Crippen molar-refractivity contribution >= 4 is 5.78 Å². The fourth-order valence-corrected chi connectivity index (χ4v) is 4.04. The molecule has 2 aromatic carbocycles. The molecule has 3 heterocycles. The van der Waals surface area contributed by atoms with Gasteiger partial charge in [-0.15, -0.1) is 0 Å². The number of hydrogen-bond donors (Lipinski definition) is 2. The highest BCUT2D eigenvalue weighted by molar-refractivity contribution is 5.77. The molecule has 1 atom stereocenters. The van der Waals surface area contributed by atoms with Crippen molar-refractivity contribution in [2.45, 2.75) is 12.3 Å². The number of ether oxygens (including phenoxy) is 2. The predicted molar refractivity (Wildman–Crippen MR) is 111 cm³/mol. The van der Waals surface area contributed by atoms with Crippen molar-refractivity contribution in [3.05, 3.63) is 78.1 Å². The number of nitrogens with zero attached hydrogens (tertiary/aromatic N) is 2. The van der Waals surface area contributed by atoms with Gasteiger partial charge in [0.1, 0.15) is 30.2 Å². The first-order valence-electron chi connectivity index (χ1n) is 9.62. The van der Waals surface area contributed by atoms with E-state index in [-0.39, 0.29) is 12.4 Å². The molecule has 0 aliphatic carbocycles. The highest BCUT2D eigenvalue weighted by atomic mass is 16.5. The van der Waals surface area contributed by atoms with Crippen molar-refractivity contribution in [2.24, 2.45) is 5.73 Å². The monoisotopic (exact) mass is 400 g/mol. The Kier molecular flexibility index (Phi) is 4.17. The second kappa shape index (κ2) is 6.88. The van der Waals surface area contributed by atoms with Gasteiger partial charge in [0.05, 0.1) is 11.2 Å². The lowest BCUT2D eigenvalue weighted by Gasteiger charge is -2.36. The van der Waals surface area contributed by atoms with Crippen molar-refractivity contribution in [1.82, 2.24) is 15.3 Å². The van der Waals surface area contributed by atoms with Crippen LogP contribution in [0.4, 0.5) is 0 Å². The highest BCUT2D eigenvalue weighted by Gasteiger charge is 2.44. The Balaban J connectivity index is 1.66. The summed E-state index contributed by atoms with van der Waals surface area (Å²) >= 11 is 0. The molecule has 3 aromatic rings. The fourth-order valence-electron chi connectivity index (χ4n) is 4.04. The Morgan fingerprint density at radius 1 is 1.13 bits per heavy atom. The van der Waals surface area contributed by atoms with Crippen LogP contribution in [0.5, 0.6) is 17.2 Å². The average Bonchev–Trinajstić information content (AvgIpc) is 3.15. The van der Waals surface area contributed by atoms with E-state index in [9.17, 15) is 4.79 Å². The molecule has 0 unspecified atom stereocenters. The molecule has 1 spiro atoms. The third-order valence-corrected chi connectivity index (χ3v) is 5.42. The van der Waals surface area contributed by atoms with Gasteiger partial charge in [0.25, 0.3) is 0 Å². The summed E-state index contributed by atoms with van der Waals surface area (Å²) in [7, 11) is 0. The molecule has 0 radical (unpaired) electrons. The van der Waals surface area contributed by atoms with Gasteiger partial charge in [-0.05, 0) is 48.9 Å². The van der Waals surface area contributed by atoms with Crippen molar-refractivity contribution < 1.29 is 14.3 Å². The van der Waals surface area contributed by atoms with Crippen LogP contribution in [0.3, 0.4) is 0 Å². The first-order chi connectivity index (χ1) is 14.5. The molecule has 0 fully saturated rings. The van der Waals surface area contributed by atoms with E-state index in [4.69, 9.17) is 15.2 Å². The van der Waals surface area contributed by atoms with Gasteiger partial charge in [-0.25, -0.2) is 9.97 Å². The number of hydrogen-bond acceptors (Lipinski definition) is 7. The van der Waals surface area contributed by atoms with Gasteiger partial charge in [0, 0.05) is 35.6 Å². The molecule has 1 aromatic heterocycles. The molecule has 30 heavy (non-hydrogen) atoms. The lowest BCUT2D eigenvalue weighted by molar-refractivity contribution is -0.118. The maximum atomic E-state index is 11.3. The summed E-state index contributed by atoms with van der Waals surface area (Å²) in [5.74, 6) is 2.69. The summed E-state index contributed by atoms with van der Waals surface area (Å²) in [4.78, 5) is 19.6. The number of rotatable bonds is 4. The predicted octanol–water partition coefficient (Wildman–Crippen LogP) is 2.91. The number of carbonyl (C=O) groups is 1. The first kappa shape index (κ1) is 18.2. The zero-order valence-corrected chi connectivity index (χ0v) is 16.4. The van der Waals surface area contributed by atoms with Crippen LogP contribution in [-0.2, 0) is 10.2 Å². The van der Waals surface area contributed by atoms with Gasteiger partial charge in [-0.3, -0.25) is 4.79 Å². The molecule has 7 nitrogen and oxygen atoms in total. The molecule has 3 N–H and O–H groups in total. The second-order valence-corrected chi connectivity index (χ2v) is 7.51. The van der Waals surface area contributed by atoms with E-state index in [1.807, 2.05) is 36.4 Å². The number of carbonyl (C=O) groups excluding carboxylic acids is 1. The molecule has 0 amide bonds. The van der Waals surface area contributed by atoms with E-state index >= 15 is 0 Å². The summed E-state index contributed by atoms with van der Waals surface area (Å²) in [6, 6.07) is 11.7. The Hall–Kier alpha value is -3.87. The van der Waals surface area contributed by atoms with Crippen LogP contribution in [0.25, 0.3) is 11.1 Å². The molecule has 2 aliphatic rings. The minimum Gasteiger partial charge on any atom is -0.486 e. The number of nitrogens with one attached hydrogen (secondary N) is 1. The molecule has 5 rings (SSSR count). The Labute approximate surface area is 173 Å². The third-order valence-electron chi connectivity index (χ3n) is 5.42. The molecule has 150 valence electrons. The molecule has 0 saturated heterocycles. The standard InChI is InChI=1S/C23H20N4O3/c1-14(28)11-29-17-3-5-21-19(7-17)23(8-22(24)27-12-23)18-6-15(2-4-20(18)30-21)16-9-25-13-26-10-16/h2-10,13,27H,11-12,24H2,1H3/t23-/m0/s1. The molecule has 0 bridgehead atoms. The lowest BCUT2D eigenvalue weighted by atomic mass is 9.72. The van der Waals surface area contributed by atoms with E-state index in [2.05, 4.69) is 21.4 Å². The minimum absolute atomic E-state index is 0.0254. The molecule has 0 saturated carbocycles. The summed E-state index contributed by atoms with van der Waals surface area (Å²) in [5, 5.41) is 3.25. The fraction of sp³-hybridized carbons (Fsp3) is 0.174. The van der Waals surface area contributed by atoms with Crippen LogP contribution in [0.1, 0.15) is 18.1 Å². The van der Waals surface area contributed by atoms with Crippen LogP contribution in [0, 0.1) is 0 Å². The summed E-state index contributed by atoms with van der Waals surface area (Å²) < 4.78 is 11.9. The van der Waals surface area contributed by atoms with Crippen molar-refractivity contribution in [3.8, 4) is 28.4 Å². The lowest BCUT2D eigenvalue weighted by Crippen LogP contribution is -2.34. The van der Waals surface area contributed by atoms with Crippen LogP contribution < -0.4 is 20.5 Å². The number of Topliss-reactive ketones (excluding diaryl/α,β-unsaturated/α-hetero) is 1. The van der Waals surface area contributed by atoms with Gasteiger partial charge >= 0.3 is 0 Å². The molecular formula is C23H20N4O3. The second-order valence-electron chi connectivity index (χ2n) is 7.51. The Bertz CT molecular complexity index is 1180. The summed E-state index contributed by atoms with van der Waals surface area (Å²) in [5.41, 5.74) is 9.47. The molecule has 2 aliphatic heterocycles. The van der Waals surface area contributed by atoms with Crippen molar-refractivity contribution in [1.29, 1.82) is 0 Å². The van der Waals surface area contributed by atoms with E-state index in [1.165, 1.54) is 13.3 Å². The van der Waals surface area contributed by atoms with E-state index in [0.717, 1.165) is 33.8 Å². The molecular weight excluding hydrogens is 380 g/mol. The number of aromatic nitrogens is 2. The van der Waals surface area contributed by atoms with Crippen LogP contribution in [-0.4, -0.2) is 28.9 Å². The largest absolute Gasteiger partial charge is 0.486 e. The quantitative estimate of drug-likeness (QED) is 0.695. The number of benzene rings is 2. The Morgan fingerprint density at radius 2 is 1.87 bits per heavy atom. The third kappa shape index (κ3) is 2.95. The van der Waals surface area contributed by atoms with Gasteiger partial charge in [0.2, 0.25) is 0 Å². The van der Waals surface area contributed by atoms with Crippen LogP contribution in [0.2, 0.25) is 0 Å². The SMILES string of the molecule is CC(=O)COc1ccc2c(c1)[C@]1(C=C(N)NC1)c1cc(-c3cncnc3)ccc1O2. The van der Waals surface area contributed by atoms with Gasteiger partial charge in [0.15, 0.2) is 5.78 Å². The average molecular weight is 400 g/mol. The topological polar surface area (TPSA) is 99.4 Å². The number of nitrogens with two attached hydrogens (primary N) is 1. The maximum absolute atomic E-state index is 11.3. The van der Waals surface area contributed by atoms with E-state index < -0.39 is 5.41 Å². The van der Waals surface area contributed by atoms with Crippen molar-refractivity contribution in [2.75, 3.05) is 13.2 Å².